The summed E-state index contributed by atoms with van der Waals surface area (Å²) in [5.41, 5.74) is 4.13. The molecule has 174 valence electrons. The molecule has 0 aliphatic carbocycles. The average molecular weight is 469 g/mol. The largest absolute Gasteiger partial charge is 0.496 e. The Bertz CT molecular complexity index is 1610. The molecule has 6 heteroatoms. The van der Waals surface area contributed by atoms with Gasteiger partial charge in [-0.3, -0.25) is 4.79 Å². The van der Waals surface area contributed by atoms with Gasteiger partial charge in [0.2, 0.25) is 5.91 Å². The second kappa shape index (κ2) is 9.06. The van der Waals surface area contributed by atoms with Gasteiger partial charge in [0.25, 0.3) is 0 Å². The lowest BCUT2D eigenvalue weighted by atomic mass is 9.96. The molecule has 0 unspecified atom stereocenters. The standard InChI is InChI=1S/C29H21F2NO3/c1-17(12-29(33)32-19-10-11-25(30)26(31)13-19)22-14-23-24(16-35-28(23)15-27(22)34-2)21-9-5-7-18-6-3-4-8-20(18)21/h3-16H,1-2H3,(H,32,33)/b17-12+. The zero-order valence-electron chi connectivity index (χ0n) is 19.1. The lowest BCUT2D eigenvalue weighted by molar-refractivity contribution is -0.111. The van der Waals surface area contributed by atoms with Crippen LogP contribution in [-0.4, -0.2) is 13.0 Å². The molecular formula is C29H21F2NO3. The van der Waals surface area contributed by atoms with Gasteiger partial charge in [0.1, 0.15) is 11.3 Å². The second-order valence-electron chi connectivity index (χ2n) is 8.17. The van der Waals surface area contributed by atoms with Crippen LogP contribution >= 0.6 is 0 Å². The Balaban J connectivity index is 1.55. The number of halogens is 2. The first kappa shape index (κ1) is 22.3. The van der Waals surface area contributed by atoms with Gasteiger partial charge in [-0.05, 0) is 47.0 Å². The number of carbonyl (C=O) groups excluding carboxylic acids is 1. The normalized spacial score (nSPS) is 11.7. The van der Waals surface area contributed by atoms with Crippen molar-refractivity contribution in [1.29, 1.82) is 0 Å². The fraction of sp³-hybridized carbons (Fsp3) is 0.0690. The van der Waals surface area contributed by atoms with E-state index in [4.69, 9.17) is 9.15 Å². The Labute approximate surface area is 200 Å². The van der Waals surface area contributed by atoms with Gasteiger partial charge in [0.15, 0.2) is 11.6 Å². The third-order valence-corrected chi connectivity index (χ3v) is 5.93. The molecule has 1 amide bonds. The third-order valence-electron chi connectivity index (χ3n) is 5.93. The number of ether oxygens (including phenoxy) is 1. The topological polar surface area (TPSA) is 51.5 Å². The van der Waals surface area contributed by atoms with Crippen molar-refractivity contribution >= 4 is 38.9 Å². The lowest BCUT2D eigenvalue weighted by Gasteiger charge is -2.11. The molecule has 0 saturated carbocycles. The van der Waals surface area contributed by atoms with Crippen molar-refractivity contribution in [2.75, 3.05) is 12.4 Å². The Kier molecular flexibility index (Phi) is 5.79. The van der Waals surface area contributed by atoms with E-state index < -0.39 is 17.5 Å². The Hall–Kier alpha value is -4.45. The van der Waals surface area contributed by atoms with Crippen LogP contribution in [0.3, 0.4) is 0 Å². The number of allylic oxidation sites excluding steroid dienone is 1. The van der Waals surface area contributed by atoms with Crippen molar-refractivity contribution in [3.05, 3.63) is 102 Å². The summed E-state index contributed by atoms with van der Waals surface area (Å²) in [6.07, 6.45) is 3.12. The smallest absolute Gasteiger partial charge is 0.248 e. The molecule has 0 bridgehead atoms. The summed E-state index contributed by atoms with van der Waals surface area (Å²) in [6.45, 7) is 1.78. The van der Waals surface area contributed by atoms with E-state index in [1.165, 1.54) is 12.1 Å². The zero-order valence-corrected chi connectivity index (χ0v) is 19.1. The Morgan fingerprint density at radius 1 is 0.914 bits per heavy atom. The number of nitrogens with one attached hydrogen (secondary N) is 1. The lowest BCUT2D eigenvalue weighted by Crippen LogP contribution is -2.09. The first-order chi connectivity index (χ1) is 16.9. The number of fused-ring (bicyclic) bond motifs is 2. The van der Waals surface area contributed by atoms with E-state index in [9.17, 15) is 13.6 Å². The van der Waals surface area contributed by atoms with Crippen LogP contribution in [0.25, 0.3) is 38.4 Å². The molecular weight excluding hydrogens is 448 g/mol. The maximum atomic E-state index is 13.5. The van der Waals surface area contributed by atoms with Crippen LogP contribution in [0.4, 0.5) is 14.5 Å². The van der Waals surface area contributed by atoms with Gasteiger partial charge in [-0.2, -0.15) is 0 Å². The molecule has 4 aromatic carbocycles. The van der Waals surface area contributed by atoms with Gasteiger partial charge in [-0.25, -0.2) is 8.78 Å². The average Bonchev–Trinajstić information content (AvgIpc) is 3.27. The van der Waals surface area contributed by atoms with E-state index in [-0.39, 0.29) is 5.69 Å². The number of methoxy groups -OCH3 is 1. The van der Waals surface area contributed by atoms with Crippen molar-refractivity contribution in [2.45, 2.75) is 6.92 Å². The van der Waals surface area contributed by atoms with E-state index in [0.29, 0.717) is 22.5 Å². The molecule has 0 saturated heterocycles. The predicted octanol–water partition coefficient (Wildman–Crippen LogP) is 7.58. The van der Waals surface area contributed by atoms with Gasteiger partial charge >= 0.3 is 0 Å². The molecule has 0 aliphatic heterocycles. The molecule has 5 aromatic rings. The van der Waals surface area contributed by atoms with Gasteiger partial charge < -0.3 is 14.5 Å². The number of benzene rings is 4. The summed E-state index contributed by atoms with van der Waals surface area (Å²) in [4.78, 5) is 12.6. The minimum atomic E-state index is -1.03. The van der Waals surface area contributed by atoms with Crippen LogP contribution in [0.2, 0.25) is 0 Å². The summed E-state index contributed by atoms with van der Waals surface area (Å²) in [6, 6.07) is 21.2. The predicted molar refractivity (Wildman–Crippen MR) is 134 cm³/mol. The van der Waals surface area contributed by atoms with Crippen LogP contribution in [0.5, 0.6) is 5.75 Å². The molecule has 0 spiro atoms. The number of rotatable bonds is 5. The van der Waals surface area contributed by atoms with Crippen molar-refractivity contribution in [3.8, 4) is 16.9 Å². The monoisotopic (exact) mass is 469 g/mol. The van der Waals surface area contributed by atoms with Crippen LogP contribution in [-0.2, 0) is 4.79 Å². The summed E-state index contributed by atoms with van der Waals surface area (Å²) >= 11 is 0. The molecule has 0 fully saturated rings. The van der Waals surface area contributed by atoms with Crippen LogP contribution < -0.4 is 10.1 Å². The van der Waals surface area contributed by atoms with Gasteiger partial charge in [-0.1, -0.05) is 42.5 Å². The Morgan fingerprint density at radius 2 is 1.71 bits per heavy atom. The SMILES string of the molecule is COc1cc2occ(-c3cccc4ccccc34)c2cc1/C(C)=C/C(=O)Nc1ccc(F)c(F)c1. The van der Waals surface area contributed by atoms with Gasteiger partial charge in [0.05, 0.1) is 13.4 Å². The highest BCUT2D eigenvalue weighted by Crippen LogP contribution is 2.39. The van der Waals surface area contributed by atoms with Gasteiger partial charge in [0, 0.05) is 40.4 Å². The van der Waals surface area contributed by atoms with Gasteiger partial charge in [-0.15, -0.1) is 0 Å². The Morgan fingerprint density at radius 3 is 2.51 bits per heavy atom. The number of carbonyl (C=O) groups is 1. The zero-order chi connectivity index (χ0) is 24.5. The highest BCUT2D eigenvalue weighted by Gasteiger charge is 2.16. The summed E-state index contributed by atoms with van der Waals surface area (Å²) in [5, 5.41) is 5.66. The maximum absolute atomic E-state index is 13.5. The highest BCUT2D eigenvalue weighted by molar-refractivity contribution is 6.07. The number of furan rings is 1. The van der Waals surface area contributed by atoms with E-state index >= 15 is 0 Å². The quantitative estimate of drug-likeness (QED) is 0.270. The molecule has 1 heterocycles. The van der Waals surface area contributed by atoms with Crippen molar-refractivity contribution in [3.63, 3.8) is 0 Å². The summed E-state index contributed by atoms with van der Waals surface area (Å²) in [7, 11) is 1.55. The van der Waals surface area contributed by atoms with E-state index in [1.54, 1.807) is 26.4 Å². The second-order valence-corrected chi connectivity index (χ2v) is 8.17. The molecule has 1 aromatic heterocycles. The molecule has 1 N–H and O–H groups in total. The van der Waals surface area contributed by atoms with Crippen molar-refractivity contribution in [1.82, 2.24) is 0 Å². The summed E-state index contributed by atoms with van der Waals surface area (Å²) in [5.74, 6) is -1.94. The maximum Gasteiger partial charge on any atom is 0.248 e. The molecule has 5 rings (SSSR count). The molecule has 0 atom stereocenters. The highest BCUT2D eigenvalue weighted by atomic mass is 19.2. The van der Waals surface area contributed by atoms with Crippen LogP contribution in [0.1, 0.15) is 12.5 Å². The number of amides is 1. The first-order valence-corrected chi connectivity index (χ1v) is 11.0. The van der Waals surface area contributed by atoms with Crippen LogP contribution in [0, 0.1) is 11.6 Å². The molecule has 0 aliphatic rings. The molecule has 35 heavy (non-hydrogen) atoms. The number of hydrogen-bond acceptors (Lipinski definition) is 3. The molecule has 0 radical (unpaired) electrons. The fourth-order valence-corrected chi connectivity index (χ4v) is 4.23. The number of anilines is 1. The minimum Gasteiger partial charge on any atom is -0.496 e. The van der Waals surface area contributed by atoms with E-state index in [0.717, 1.165) is 39.4 Å². The van der Waals surface area contributed by atoms with E-state index in [1.807, 2.05) is 24.3 Å². The molecule has 4 nitrogen and oxygen atoms in total. The minimum absolute atomic E-state index is 0.161. The summed E-state index contributed by atoms with van der Waals surface area (Å²) < 4.78 is 38.1. The first-order valence-electron chi connectivity index (χ1n) is 11.0. The number of hydrogen-bond donors (Lipinski definition) is 1. The van der Waals surface area contributed by atoms with Crippen molar-refractivity contribution < 1.29 is 22.7 Å². The third kappa shape index (κ3) is 4.26. The fourth-order valence-electron chi connectivity index (χ4n) is 4.23. The van der Waals surface area contributed by atoms with E-state index in [2.05, 4.69) is 29.6 Å². The van der Waals surface area contributed by atoms with Crippen molar-refractivity contribution in [2.24, 2.45) is 0 Å². The van der Waals surface area contributed by atoms with Crippen LogP contribution in [0.15, 0.2) is 89.6 Å².